The molecule has 0 saturated heterocycles. The molecule has 0 aliphatic carbocycles. The molecule has 0 aliphatic heterocycles. The van der Waals surface area contributed by atoms with Crippen molar-refractivity contribution >= 4 is 0 Å². The summed E-state index contributed by atoms with van der Waals surface area (Å²) in [5.41, 5.74) is 0.413. The molecule has 2 aromatic rings. The Morgan fingerprint density at radius 2 is 2.29 bits per heavy atom. The summed E-state index contributed by atoms with van der Waals surface area (Å²) >= 11 is 0. The molecule has 0 amide bonds. The zero-order valence-electron chi connectivity index (χ0n) is 7.68. The smallest absolute Gasteiger partial charge is 0.142 e. The molecule has 0 saturated carbocycles. The number of hydrogen-bond donors (Lipinski definition) is 0. The van der Waals surface area contributed by atoms with Crippen molar-refractivity contribution in [1.82, 2.24) is 14.5 Å². The molecule has 0 spiro atoms. The average Bonchev–Trinajstić information content (AvgIpc) is 2.65. The Bertz CT molecular complexity index is 493. The summed E-state index contributed by atoms with van der Waals surface area (Å²) in [5.74, 6) is 1.58. The molecule has 0 radical (unpaired) electrons. The van der Waals surface area contributed by atoms with E-state index in [-0.39, 0.29) is 0 Å². The minimum absolute atomic E-state index is 0.413. The second-order valence-corrected chi connectivity index (χ2v) is 2.84. The lowest BCUT2D eigenvalue weighted by Crippen LogP contribution is -1.99. The van der Waals surface area contributed by atoms with Gasteiger partial charge in [-0.05, 0) is 19.1 Å². The van der Waals surface area contributed by atoms with Gasteiger partial charge in [0.2, 0.25) is 0 Å². The second-order valence-electron chi connectivity index (χ2n) is 2.84. The van der Waals surface area contributed by atoms with E-state index in [9.17, 15) is 0 Å². The molecule has 4 heteroatoms. The minimum atomic E-state index is 0.413. The highest BCUT2D eigenvalue weighted by atomic mass is 15.1. The molecule has 0 N–H and O–H groups in total. The first-order valence-electron chi connectivity index (χ1n) is 4.19. The summed E-state index contributed by atoms with van der Waals surface area (Å²) in [5, 5.41) is 8.69. The van der Waals surface area contributed by atoms with Crippen LogP contribution in [0.1, 0.15) is 11.5 Å². The topological polar surface area (TPSA) is 54.5 Å². The predicted molar refractivity (Wildman–Crippen MR) is 50.8 cm³/mol. The van der Waals surface area contributed by atoms with E-state index in [0.717, 1.165) is 11.6 Å². The van der Waals surface area contributed by atoms with Crippen LogP contribution in [0.4, 0.5) is 0 Å². The fourth-order valence-corrected chi connectivity index (χ4v) is 1.24. The van der Waals surface area contributed by atoms with Gasteiger partial charge >= 0.3 is 0 Å². The highest BCUT2D eigenvalue weighted by Gasteiger charge is 2.01. The van der Waals surface area contributed by atoms with E-state index in [1.807, 2.05) is 29.8 Å². The van der Waals surface area contributed by atoms with Gasteiger partial charge < -0.3 is 0 Å². The number of hydrogen-bond acceptors (Lipinski definition) is 3. The van der Waals surface area contributed by atoms with Crippen molar-refractivity contribution in [3.8, 4) is 11.9 Å². The number of aromatic nitrogens is 3. The summed E-state index contributed by atoms with van der Waals surface area (Å²) in [4.78, 5) is 8.24. The van der Waals surface area contributed by atoms with Crippen molar-refractivity contribution in [3.63, 3.8) is 0 Å². The lowest BCUT2D eigenvalue weighted by Gasteiger charge is -2.02. The molecule has 2 aromatic heterocycles. The second kappa shape index (κ2) is 3.30. The lowest BCUT2D eigenvalue weighted by molar-refractivity contribution is 0.929. The van der Waals surface area contributed by atoms with E-state index in [1.54, 1.807) is 18.3 Å². The van der Waals surface area contributed by atoms with E-state index in [0.29, 0.717) is 5.69 Å². The van der Waals surface area contributed by atoms with E-state index in [2.05, 4.69) is 9.97 Å². The Kier molecular flexibility index (Phi) is 1.99. The number of aryl methyl sites for hydroxylation is 1. The van der Waals surface area contributed by atoms with Gasteiger partial charge in [0.1, 0.15) is 23.4 Å². The summed E-state index contributed by atoms with van der Waals surface area (Å²) in [6.45, 7) is 1.89. The predicted octanol–water partition coefficient (Wildman–Crippen LogP) is 1.45. The zero-order valence-corrected chi connectivity index (χ0v) is 7.68. The number of pyridine rings is 1. The third-order valence-electron chi connectivity index (χ3n) is 1.92. The standard InChI is InChI=1S/C10H8N4/c1-8-12-5-6-14(8)10-4-2-3-9(7-11)13-10/h2-6H,1H3. The Hall–Kier alpha value is -2.15. The molecule has 2 rings (SSSR count). The SMILES string of the molecule is Cc1nccn1-c1cccc(C#N)n1. The third-order valence-corrected chi connectivity index (χ3v) is 1.92. The van der Waals surface area contributed by atoms with Crippen molar-refractivity contribution in [2.45, 2.75) is 6.92 Å². The Morgan fingerprint density at radius 3 is 2.93 bits per heavy atom. The van der Waals surface area contributed by atoms with Gasteiger partial charge in [-0.3, -0.25) is 4.57 Å². The van der Waals surface area contributed by atoms with Crippen molar-refractivity contribution in [2.24, 2.45) is 0 Å². The Labute approximate surface area is 81.5 Å². The zero-order chi connectivity index (χ0) is 9.97. The van der Waals surface area contributed by atoms with Gasteiger partial charge in [0.05, 0.1) is 0 Å². The van der Waals surface area contributed by atoms with Crippen molar-refractivity contribution in [1.29, 1.82) is 5.26 Å². The van der Waals surface area contributed by atoms with Crippen LogP contribution < -0.4 is 0 Å². The molecule has 4 nitrogen and oxygen atoms in total. The highest BCUT2D eigenvalue weighted by molar-refractivity contribution is 5.30. The van der Waals surface area contributed by atoms with Gasteiger partial charge in [-0.25, -0.2) is 9.97 Å². The van der Waals surface area contributed by atoms with Crippen LogP contribution in [-0.2, 0) is 0 Å². The minimum Gasteiger partial charge on any atom is -0.288 e. The van der Waals surface area contributed by atoms with Gasteiger partial charge in [-0.1, -0.05) is 6.07 Å². The molecular weight excluding hydrogens is 176 g/mol. The Morgan fingerprint density at radius 1 is 1.43 bits per heavy atom. The van der Waals surface area contributed by atoms with Crippen LogP contribution in [0.3, 0.4) is 0 Å². The molecule has 14 heavy (non-hydrogen) atoms. The molecule has 68 valence electrons. The maximum absolute atomic E-state index is 8.69. The maximum atomic E-state index is 8.69. The number of imidazole rings is 1. The first-order chi connectivity index (χ1) is 6.81. The van der Waals surface area contributed by atoms with Crippen LogP contribution in [0.25, 0.3) is 5.82 Å². The van der Waals surface area contributed by atoms with Crippen LogP contribution in [0.15, 0.2) is 30.6 Å². The van der Waals surface area contributed by atoms with Crippen LogP contribution in [0.5, 0.6) is 0 Å². The molecule has 0 unspecified atom stereocenters. The van der Waals surface area contributed by atoms with Gasteiger partial charge in [0.15, 0.2) is 0 Å². The van der Waals surface area contributed by atoms with E-state index in [4.69, 9.17) is 5.26 Å². The first-order valence-corrected chi connectivity index (χ1v) is 4.19. The van der Waals surface area contributed by atoms with E-state index >= 15 is 0 Å². The summed E-state index contributed by atoms with van der Waals surface area (Å²) in [6, 6.07) is 7.33. The molecule has 0 aromatic carbocycles. The monoisotopic (exact) mass is 184 g/mol. The molecule has 2 heterocycles. The quantitative estimate of drug-likeness (QED) is 0.674. The van der Waals surface area contributed by atoms with Crippen LogP contribution in [0, 0.1) is 18.3 Å². The van der Waals surface area contributed by atoms with E-state index < -0.39 is 0 Å². The van der Waals surface area contributed by atoms with Gasteiger partial charge in [-0.2, -0.15) is 5.26 Å². The summed E-state index contributed by atoms with van der Waals surface area (Å²) in [6.07, 6.45) is 3.52. The average molecular weight is 184 g/mol. The van der Waals surface area contributed by atoms with Crippen LogP contribution >= 0.6 is 0 Å². The van der Waals surface area contributed by atoms with E-state index in [1.165, 1.54) is 0 Å². The van der Waals surface area contributed by atoms with Crippen molar-refractivity contribution in [3.05, 3.63) is 42.1 Å². The van der Waals surface area contributed by atoms with Gasteiger partial charge in [0.25, 0.3) is 0 Å². The molecular formula is C10H8N4. The normalized spacial score (nSPS) is 9.71. The fraction of sp³-hybridized carbons (Fsp3) is 0.100. The first kappa shape index (κ1) is 8.45. The van der Waals surface area contributed by atoms with Crippen molar-refractivity contribution < 1.29 is 0 Å². The Balaban J connectivity index is 2.53. The molecule has 0 aliphatic rings. The van der Waals surface area contributed by atoms with Crippen molar-refractivity contribution in [2.75, 3.05) is 0 Å². The number of nitrogens with zero attached hydrogens (tertiary/aromatic N) is 4. The fourth-order valence-electron chi connectivity index (χ4n) is 1.24. The van der Waals surface area contributed by atoms with Gasteiger partial charge in [-0.15, -0.1) is 0 Å². The molecule has 0 atom stereocenters. The highest BCUT2D eigenvalue weighted by Crippen LogP contribution is 2.07. The summed E-state index contributed by atoms with van der Waals surface area (Å²) in [7, 11) is 0. The van der Waals surface area contributed by atoms with Crippen LogP contribution in [0.2, 0.25) is 0 Å². The molecule has 0 bridgehead atoms. The largest absolute Gasteiger partial charge is 0.288 e. The lowest BCUT2D eigenvalue weighted by atomic mass is 10.3. The number of nitriles is 1. The maximum Gasteiger partial charge on any atom is 0.142 e. The van der Waals surface area contributed by atoms with Crippen LogP contribution in [-0.4, -0.2) is 14.5 Å². The molecule has 0 fully saturated rings. The van der Waals surface area contributed by atoms with Gasteiger partial charge in [0, 0.05) is 12.4 Å². The number of rotatable bonds is 1. The summed E-state index contributed by atoms with van der Waals surface area (Å²) < 4.78 is 1.83. The third kappa shape index (κ3) is 1.36.